The summed E-state index contributed by atoms with van der Waals surface area (Å²) in [6.07, 6.45) is -0.260. The number of amides is 2. The van der Waals surface area contributed by atoms with E-state index in [0.717, 1.165) is 5.06 Å². The van der Waals surface area contributed by atoms with Crippen molar-refractivity contribution in [3.05, 3.63) is 0 Å². The molecule has 7 nitrogen and oxygen atoms in total. The SMILES string of the molecule is CO[C@@H]1CC(C(=O)N(C)OC)N(C(=O)OC(C)(C)C)C1. The molecule has 20 heavy (non-hydrogen) atoms. The Labute approximate surface area is 119 Å². The number of rotatable bonds is 3. The first-order valence-corrected chi connectivity index (χ1v) is 6.53. The molecule has 1 heterocycles. The van der Waals surface area contributed by atoms with E-state index in [9.17, 15) is 9.59 Å². The highest BCUT2D eigenvalue weighted by Gasteiger charge is 2.42. The molecule has 1 saturated heterocycles. The maximum absolute atomic E-state index is 12.2. The van der Waals surface area contributed by atoms with Crippen LogP contribution in [0.1, 0.15) is 27.2 Å². The summed E-state index contributed by atoms with van der Waals surface area (Å²) in [6, 6.07) is -0.625. The number of ether oxygens (including phenoxy) is 2. The van der Waals surface area contributed by atoms with E-state index in [0.29, 0.717) is 13.0 Å². The zero-order valence-corrected chi connectivity index (χ0v) is 13.0. The summed E-state index contributed by atoms with van der Waals surface area (Å²) < 4.78 is 10.6. The minimum atomic E-state index is -0.625. The zero-order valence-electron chi connectivity index (χ0n) is 13.0. The molecule has 1 fully saturated rings. The fourth-order valence-corrected chi connectivity index (χ4v) is 2.02. The standard InChI is InChI=1S/C13H24N2O5/c1-13(2,3)20-12(17)15-8-9(18-5)7-10(15)11(16)14(4)19-6/h9-10H,7-8H2,1-6H3/t9-,10?/m1/s1. The van der Waals surface area contributed by atoms with E-state index in [1.54, 1.807) is 27.9 Å². The summed E-state index contributed by atoms with van der Waals surface area (Å²) in [5, 5.41) is 1.11. The molecule has 0 aliphatic carbocycles. The van der Waals surface area contributed by atoms with Crippen molar-refractivity contribution in [3.63, 3.8) is 0 Å². The molecule has 116 valence electrons. The number of carbonyl (C=O) groups excluding carboxylic acids is 2. The Morgan fingerprint density at radius 2 is 1.85 bits per heavy atom. The average molecular weight is 288 g/mol. The Hall–Kier alpha value is -1.34. The van der Waals surface area contributed by atoms with Crippen molar-refractivity contribution in [2.45, 2.75) is 44.9 Å². The number of nitrogens with zero attached hydrogens (tertiary/aromatic N) is 2. The summed E-state index contributed by atoms with van der Waals surface area (Å²) in [4.78, 5) is 30.7. The van der Waals surface area contributed by atoms with Crippen molar-refractivity contribution in [3.8, 4) is 0 Å². The van der Waals surface area contributed by atoms with Gasteiger partial charge in [-0.1, -0.05) is 0 Å². The predicted molar refractivity (Wildman–Crippen MR) is 71.9 cm³/mol. The van der Waals surface area contributed by atoms with Gasteiger partial charge in [0.1, 0.15) is 11.6 Å². The molecule has 1 aliphatic heterocycles. The molecule has 0 bridgehead atoms. The van der Waals surface area contributed by atoms with Gasteiger partial charge in [-0.3, -0.25) is 14.5 Å². The highest BCUT2D eigenvalue weighted by molar-refractivity contribution is 5.85. The van der Waals surface area contributed by atoms with Gasteiger partial charge >= 0.3 is 6.09 Å². The summed E-state index contributed by atoms with van der Waals surface area (Å²) in [5.74, 6) is -0.294. The molecule has 0 aromatic heterocycles. The highest BCUT2D eigenvalue weighted by Crippen LogP contribution is 2.24. The Kier molecular flexibility index (Phi) is 5.35. The fourth-order valence-electron chi connectivity index (χ4n) is 2.02. The van der Waals surface area contributed by atoms with Gasteiger partial charge in [-0.25, -0.2) is 9.86 Å². The summed E-state index contributed by atoms with van der Waals surface area (Å²) in [5.41, 5.74) is -0.608. The van der Waals surface area contributed by atoms with Crippen LogP contribution in [0.2, 0.25) is 0 Å². The maximum atomic E-state index is 12.2. The smallest absolute Gasteiger partial charge is 0.411 e. The molecule has 0 N–H and O–H groups in total. The van der Waals surface area contributed by atoms with Gasteiger partial charge in [0.25, 0.3) is 5.91 Å². The lowest BCUT2D eigenvalue weighted by atomic mass is 10.2. The van der Waals surface area contributed by atoms with Crippen molar-refractivity contribution in [1.29, 1.82) is 0 Å². The first-order valence-electron chi connectivity index (χ1n) is 6.53. The molecule has 7 heteroatoms. The van der Waals surface area contributed by atoms with Gasteiger partial charge in [0.2, 0.25) is 0 Å². The Morgan fingerprint density at radius 1 is 1.25 bits per heavy atom. The van der Waals surface area contributed by atoms with Crippen LogP contribution in [-0.2, 0) is 19.1 Å². The van der Waals surface area contributed by atoms with Gasteiger partial charge in [0.15, 0.2) is 0 Å². The van der Waals surface area contributed by atoms with Crippen LogP contribution in [0.15, 0.2) is 0 Å². The van der Waals surface area contributed by atoms with Gasteiger partial charge in [0, 0.05) is 20.6 Å². The van der Waals surface area contributed by atoms with Gasteiger partial charge in [0.05, 0.1) is 19.8 Å². The number of likely N-dealkylation sites (tertiary alicyclic amines) is 1. The van der Waals surface area contributed by atoms with Crippen molar-refractivity contribution in [2.24, 2.45) is 0 Å². The summed E-state index contributed by atoms with van der Waals surface area (Å²) in [6.45, 7) is 5.69. The van der Waals surface area contributed by atoms with E-state index in [-0.39, 0.29) is 12.0 Å². The van der Waals surface area contributed by atoms with E-state index in [4.69, 9.17) is 14.3 Å². The lowest BCUT2D eigenvalue weighted by Gasteiger charge is -2.29. The minimum Gasteiger partial charge on any atom is -0.444 e. The van der Waals surface area contributed by atoms with Crippen molar-refractivity contribution in [2.75, 3.05) is 27.8 Å². The second-order valence-electron chi connectivity index (χ2n) is 5.76. The highest BCUT2D eigenvalue weighted by atomic mass is 16.7. The molecule has 0 radical (unpaired) electrons. The van der Waals surface area contributed by atoms with Crippen molar-refractivity contribution in [1.82, 2.24) is 9.96 Å². The van der Waals surface area contributed by atoms with E-state index in [2.05, 4.69) is 0 Å². The first kappa shape index (κ1) is 16.7. The molecule has 2 atom stereocenters. The second kappa shape index (κ2) is 6.41. The maximum Gasteiger partial charge on any atom is 0.411 e. The molecular formula is C13H24N2O5. The van der Waals surface area contributed by atoms with Crippen LogP contribution < -0.4 is 0 Å². The van der Waals surface area contributed by atoms with Gasteiger partial charge in [-0.2, -0.15) is 0 Å². The molecular weight excluding hydrogens is 264 g/mol. The van der Waals surface area contributed by atoms with Crippen molar-refractivity contribution >= 4 is 12.0 Å². The Bertz CT molecular complexity index is 366. The minimum absolute atomic E-state index is 0.179. The third-order valence-corrected chi connectivity index (χ3v) is 3.09. The number of likely N-dealkylation sites (N-methyl/N-ethyl adjacent to an activating group) is 1. The third kappa shape index (κ3) is 4.08. The normalized spacial score (nSPS) is 22.8. The fraction of sp³-hybridized carbons (Fsp3) is 0.846. The van der Waals surface area contributed by atoms with E-state index < -0.39 is 17.7 Å². The number of hydrogen-bond donors (Lipinski definition) is 0. The number of hydrogen-bond acceptors (Lipinski definition) is 5. The van der Waals surface area contributed by atoms with Gasteiger partial charge < -0.3 is 9.47 Å². The molecule has 0 spiro atoms. The van der Waals surface area contributed by atoms with Crippen LogP contribution in [0.25, 0.3) is 0 Å². The van der Waals surface area contributed by atoms with Crippen LogP contribution in [0.3, 0.4) is 0 Å². The molecule has 1 rings (SSSR count). The van der Waals surface area contributed by atoms with Crippen LogP contribution in [0, 0.1) is 0 Å². The van der Waals surface area contributed by atoms with Crippen molar-refractivity contribution < 1.29 is 23.9 Å². The van der Waals surface area contributed by atoms with Gasteiger partial charge in [-0.15, -0.1) is 0 Å². The summed E-state index contributed by atoms with van der Waals surface area (Å²) >= 11 is 0. The van der Waals surface area contributed by atoms with Crippen LogP contribution >= 0.6 is 0 Å². The molecule has 0 saturated carbocycles. The zero-order chi connectivity index (χ0) is 15.5. The topological polar surface area (TPSA) is 68.3 Å². The van der Waals surface area contributed by atoms with E-state index in [1.807, 2.05) is 0 Å². The largest absolute Gasteiger partial charge is 0.444 e. The monoisotopic (exact) mass is 288 g/mol. The van der Waals surface area contributed by atoms with Crippen LogP contribution in [0.4, 0.5) is 4.79 Å². The number of hydroxylamine groups is 2. The lowest BCUT2D eigenvalue weighted by molar-refractivity contribution is -0.173. The molecule has 1 aliphatic rings. The lowest BCUT2D eigenvalue weighted by Crippen LogP contribution is -2.47. The van der Waals surface area contributed by atoms with Crippen LogP contribution in [0.5, 0.6) is 0 Å². The van der Waals surface area contributed by atoms with E-state index >= 15 is 0 Å². The van der Waals surface area contributed by atoms with Crippen LogP contribution in [-0.4, -0.2) is 67.5 Å². The molecule has 0 aromatic carbocycles. The molecule has 1 unspecified atom stereocenters. The Balaban J connectivity index is 2.84. The second-order valence-corrected chi connectivity index (χ2v) is 5.76. The predicted octanol–water partition coefficient (Wildman–Crippen LogP) is 1.03. The number of methoxy groups -OCH3 is 1. The molecule has 0 aromatic rings. The first-order chi connectivity index (χ1) is 9.19. The number of carbonyl (C=O) groups is 2. The Morgan fingerprint density at radius 3 is 2.30 bits per heavy atom. The quantitative estimate of drug-likeness (QED) is 0.726. The van der Waals surface area contributed by atoms with Gasteiger partial charge in [-0.05, 0) is 20.8 Å². The molecule has 2 amide bonds. The average Bonchev–Trinajstić information content (AvgIpc) is 2.79. The summed E-state index contributed by atoms with van der Waals surface area (Å²) in [7, 11) is 4.47. The third-order valence-electron chi connectivity index (χ3n) is 3.09. The van der Waals surface area contributed by atoms with E-state index in [1.165, 1.54) is 19.1 Å².